The Morgan fingerprint density at radius 1 is 1.27 bits per heavy atom. The quantitative estimate of drug-likeness (QED) is 0.727. The van der Waals surface area contributed by atoms with Gasteiger partial charge in [0.2, 0.25) is 0 Å². The molecule has 0 spiro atoms. The maximum absolute atomic E-state index is 13.7. The van der Waals surface area contributed by atoms with Crippen LogP contribution in [0.25, 0.3) is 16.6 Å². The van der Waals surface area contributed by atoms with E-state index in [1.165, 1.54) is 19.1 Å². The van der Waals surface area contributed by atoms with Crippen LogP contribution in [0.4, 0.5) is 13.6 Å². The van der Waals surface area contributed by atoms with E-state index in [-0.39, 0.29) is 27.4 Å². The Morgan fingerprint density at radius 2 is 1.92 bits per heavy atom. The molecule has 1 heterocycles. The van der Waals surface area contributed by atoms with E-state index in [0.717, 1.165) is 16.7 Å². The van der Waals surface area contributed by atoms with Gasteiger partial charge in [0.15, 0.2) is 0 Å². The molecule has 134 valence electrons. The Labute approximate surface area is 150 Å². The third-order valence-electron chi connectivity index (χ3n) is 3.71. The maximum Gasteiger partial charge on any atom is 0.405 e. The second-order valence-corrected chi connectivity index (χ2v) is 5.95. The average Bonchev–Trinajstić information content (AvgIpc) is 2.52. The van der Waals surface area contributed by atoms with E-state index in [9.17, 15) is 18.4 Å². The maximum atomic E-state index is 13.7. The highest BCUT2D eigenvalue weighted by Gasteiger charge is 2.21. The predicted molar refractivity (Wildman–Crippen MR) is 91.8 cm³/mol. The van der Waals surface area contributed by atoms with Crippen molar-refractivity contribution in [2.45, 2.75) is 13.0 Å². The monoisotopic (exact) mass is 379 g/mol. The zero-order chi connectivity index (χ0) is 19.0. The molecule has 2 aromatic carbocycles. The second-order valence-electron chi connectivity index (χ2n) is 5.54. The highest BCUT2D eigenvalue weighted by Crippen LogP contribution is 2.23. The van der Waals surface area contributed by atoms with Crippen LogP contribution in [0, 0.1) is 11.6 Å². The molecule has 1 atom stereocenters. The molecule has 6 nitrogen and oxygen atoms in total. The topological polar surface area (TPSA) is 84.2 Å². The normalized spacial score (nSPS) is 12.2. The number of rotatable bonds is 3. The minimum atomic E-state index is -1.34. The molecule has 2 N–H and O–H groups in total. The lowest BCUT2D eigenvalue weighted by atomic mass is 10.2. The SMILES string of the molecule is CC(NC(=O)O)c1nc2cccc(Cl)c2c(=O)n1-c1cc(F)cc(F)c1. The van der Waals surface area contributed by atoms with E-state index < -0.39 is 29.3 Å². The van der Waals surface area contributed by atoms with Crippen molar-refractivity contribution in [2.75, 3.05) is 0 Å². The molecule has 0 aliphatic carbocycles. The number of amides is 1. The smallest absolute Gasteiger partial charge is 0.405 e. The van der Waals surface area contributed by atoms with Crippen LogP contribution in [0.2, 0.25) is 5.02 Å². The number of hydrogen-bond donors (Lipinski definition) is 2. The van der Waals surface area contributed by atoms with Crippen LogP contribution in [-0.4, -0.2) is 20.8 Å². The molecule has 3 rings (SSSR count). The van der Waals surface area contributed by atoms with Gasteiger partial charge in [-0.2, -0.15) is 0 Å². The van der Waals surface area contributed by atoms with Gasteiger partial charge >= 0.3 is 6.09 Å². The van der Waals surface area contributed by atoms with Crippen LogP contribution in [0.5, 0.6) is 0 Å². The van der Waals surface area contributed by atoms with Crippen molar-refractivity contribution in [1.82, 2.24) is 14.9 Å². The molecule has 1 aromatic heterocycles. The van der Waals surface area contributed by atoms with E-state index in [1.807, 2.05) is 0 Å². The molecule has 3 aromatic rings. The van der Waals surface area contributed by atoms with Crippen molar-refractivity contribution >= 4 is 28.6 Å². The first-order valence-electron chi connectivity index (χ1n) is 7.45. The van der Waals surface area contributed by atoms with Gasteiger partial charge in [-0.1, -0.05) is 17.7 Å². The van der Waals surface area contributed by atoms with Gasteiger partial charge in [0.1, 0.15) is 17.5 Å². The zero-order valence-corrected chi connectivity index (χ0v) is 14.1. The predicted octanol–water partition coefficient (Wildman–Crippen LogP) is 3.65. The van der Waals surface area contributed by atoms with Crippen LogP contribution in [-0.2, 0) is 0 Å². The Bertz CT molecular complexity index is 1060. The third kappa shape index (κ3) is 3.23. The lowest BCUT2D eigenvalue weighted by Crippen LogP contribution is -2.32. The lowest BCUT2D eigenvalue weighted by Gasteiger charge is -2.19. The average molecular weight is 380 g/mol. The zero-order valence-electron chi connectivity index (χ0n) is 13.3. The summed E-state index contributed by atoms with van der Waals surface area (Å²) in [5.74, 6) is -1.82. The third-order valence-corrected chi connectivity index (χ3v) is 4.02. The molecule has 0 radical (unpaired) electrons. The van der Waals surface area contributed by atoms with E-state index in [2.05, 4.69) is 10.3 Å². The summed E-state index contributed by atoms with van der Waals surface area (Å²) in [7, 11) is 0. The van der Waals surface area contributed by atoms with Gasteiger partial charge in [-0.05, 0) is 31.2 Å². The summed E-state index contributed by atoms with van der Waals surface area (Å²) in [4.78, 5) is 28.3. The van der Waals surface area contributed by atoms with Gasteiger partial charge in [0, 0.05) is 6.07 Å². The van der Waals surface area contributed by atoms with Gasteiger partial charge < -0.3 is 10.4 Å². The second kappa shape index (κ2) is 6.72. The van der Waals surface area contributed by atoms with E-state index in [0.29, 0.717) is 6.07 Å². The van der Waals surface area contributed by atoms with Crippen molar-refractivity contribution in [3.8, 4) is 5.69 Å². The van der Waals surface area contributed by atoms with Gasteiger partial charge in [-0.15, -0.1) is 0 Å². The fourth-order valence-electron chi connectivity index (χ4n) is 2.67. The summed E-state index contributed by atoms with van der Waals surface area (Å²) in [5.41, 5.74) is -0.555. The van der Waals surface area contributed by atoms with Gasteiger partial charge in [-0.25, -0.2) is 18.6 Å². The number of halogens is 3. The van der Waals surface area contributed by atoms with Crippen LogP contribution in [0.3, 0.4) is 0 Å². The van der Waals surface area contributed by atoms with E-state index in [1.54, 1.807) is 6.07 Å². The van der Waals surface area contributed by atoms with Gasteiger partial charge in [0.25, 0.3) is 5.56 Å². The summed E-state index contributed by atoms with van der Waals surface area (Å²) in [6.07, 6.45) is -1.34. The summed E-state index contributed by atoms with van der Waals surface area (Å²) >= 11 is 6.09. The molecule has 0 aliphatic heterocycles. The van der Waals surface area contributed by atoms with Crippen molar-refractivity contribution in [1.29, 1.82) is 0 Å². The molecular weight excluding hydrogens is 368 g/mol. The minimum Gasteiger partial charge on any atom is -0.465 e. The number of carboxylic acid groups (broad SMARTS) is 1. The summed E-state index contributed by atoms with van der Waals surface area (Å²) in [6, 6.07) is 6.24. The number of hydrogen-bond acceptors (Lipinski definition) is 3. The van der Waals surface area contributed by atoms with Crippen LogP contribution in [0.15, 0.2) is 41.2 Å². The van der Waals surface area contributed by atoms with Crippen LogP contribution < -0.4 is 10.9 Å². The van der Waals surface area contributed by atoms with Crippen LogP contribution in [0.1, 0.15) is 18.8 Å². The fourth-order valence-corrected chi connectivity index (χ4v) is 2.92. The standard InChI is InChI=1S/C17H12ClF2N3O3/c1-8(21-17(25)26)15-22-13-4-2-3-12(18)14(13)16(24)23(15)11-6-9(19)5-10(20)7-11/h2-8,21H,1H3,(H,25,26). The number of nitrogens with one attached hydrogen (secondary N) is 1. The van der Waals surface area contributed by atoms with Gasteiger partial charge in [0.05, 0.1) is 27.7 Å². The first kappa shape index (κ1) is 17.8. The first-order chi connectivity index (χ1) is 12.3. The Kier molecular flexibility index (Phi) is 4.60. The molecular formula is C17H12ClF2N3O3. The number of nitrogens with zero attached hydrogens (tertiary/aromatic N) is 2. The molecule has 1 unspecified atom stereocenters. The summed E-state index contributed by atoms with van der Waals surface area (Å²) < 4.78 is 28.3. The van der Waals surface area contributed by atoms with Gasteiger partial charge in [-0.3, -0.25) is 9.36 Å². The molecule has 26 heavy (non-hydrogen) atoms. The van der Waals surface area contributed by atoms with Crippen LogP contribution >= 0.6 is 11.6 Å². The van der Waals surface area contributed by atoms with E-state index in [4.69, 9.17) is 16.7 Å². The highest BCUT2D eigenvalue weighted by atomic mass is 35.5. The molecule has 1 amide bonds. The summed E-state index contributed by atoms with van der Waals surface area (Å²) in [6.45, 7) is 1.46. The molecule has 0 fully saturated rings. The van der Waals surface area contributed by atoms with Crippen molar-refractivity contribution in [3.05, 3.63) is 69.2 Å². The van der Waals surface area contributed by atoms with Crippen molar-refractivity contribution in [3.63, 3.8) is 0 Å². The first-order valence-corrected chi connectivity index (χ1v) is 7.83. The fraction of sp³-hybridized carbons (Fsp3) is 0.118. The Hall–Kier alpha value is -3.00. The highest BCUT2D eigenvalue weighted by molar-refractivity contribution is 6.35. The lowest BCUT2D eigenvalue weighted by molar-refractivity contribution is 0.190. The number of benzene rings is 2. The van der Waals surface area contributed by atoms with Crippen molar-refractivity contribution < 1.29 is 18.7 Å². The minimum absolute atomic E-state index is 0.0304. The molecule has 9 heteroatoms. The number of carbonyl (C=O) groups is 1. The molecule has 0 aliphatic rings. The summed E-state index contributed by atoms with van der Waals surface area (Å²) in [5, 5.41) is 11.3. The molecule has 0 bridgehead atoms. The number of fused-ring (bicyclic) bond motifs is 1. The van der Waals surface area contributed by atoms with E-state index >= 15 is 0 Å². The molecule has 0 saturated carbocycles. The Balaban J connectivity index is 2.40. The molecule has 0 saturated heterocycles. The number of aromatic nitrogens is 2. The Morgan fingerprint density at radius 3 is 2.54 bits per heavy atom. The largest absolute Gasteiger partial charge is 0.465 e. The van der Waals surface area contributed by atoms with Crippen molar-refractivity contribution in [2.24, 2.45) is 0 Å².